The number of nitrogens with zero attached hydrogens (tertiary/aromatic N) is 1. The van der Waals surface area contributed by atoms with Gasteiger partial charge < -0.3 is 14.8 Å². The number of ether oxygens (including phenoxy) is 2. The molecule has 0 aliphatic heterocycles. The van der Waals surface area contributed by atoms with Gasteiger partial charge in [0.05, 0.1) is 35.1 Å². The monoisotopic (exact) mass is 517 g/mol. The number of carbonyl (C=O) groups excluding carboxylic acids is 1. The van der Waals surface area contributed by atoms with Gasteiger partial charge in [-0.1, -0.05) is 35.3 Å². The normalized spacial score (nSPS) is 10.7. The molecule has 1 aromatic heterocycles. The minimum atomic E-state index is -0.434. The van der Waals surface area contributed by atoms with E-state index in [-0.39, 0.29) is 5.11 Å². The van der Waals surface area contributed by atoms with Gasteiger partial charge in [0.2, 0.25) is 0 Å². The maximum Gasteiger partial charge on any atom is 0.257 e. The fraction of sp³-hybridized carbons (Fsp3) is 0.0870. The Labute approximate surface area is 209 Å². The quantitative estimate of drug-likeness (QED) is 0.298. The number of thiazole rings is 1. The zero-order valence-corrected chi connectivity index (χ0v) is 20.6. The fourth-order valence-corrected chi connectivity index (χ4v) is 4.84. The third-order valence-electron chi connectivity index (χ3n) is 4.66. The van der Waals surface area contributed by atoms with Crippen LogP contribution in [0.15, 0.2) is 54.6 Å². The number of halogens is 2. The van der Waals surface area contributed by atoms with Crippen LogP contribution in [0.1, 0.15) is 10.4 Å². The van der Waals surface area contributed by atoms with E-state index in [1.54, 1.807) is 30.3 Å². The predicted molar refractivity (Wildman–Crippen MR) is 138 cm³/mol. The highest BCUT2D eigenvalue weighted by Crippen LogP contribution is 2.40. The Kier molecular flexibility index (Phi) is 6.99. The first-order valence-electron chi connectivity index (χ1n) is 9.58. The lowest BCUT2D eigenvalue weighted by Crippen LogP contribution is -2.34. The molecule has 168 valence electrons. The van der Waals surface area contributed by atoms with Gasteiger partial charge in [-0.05, 0) is 48.6 Å². The molecule has 0 atom stereocenters. The molecule has 0 saturated heterocycles. The summed E-state index contributed by atoms with van der Waals surface area (Å²) in [6.07, 6.45) is 0. The number of aromatic nitrogens is 1. The SMILES string of the molecule is COc1cc(OC)cc(C(=O)NC(=S)Nc2c(Cl)cc(Cl)cc2-c2nc3ccccc3s2)c1. The zero-order chi connectivity index (χ0) is 23.5. The summed E-state index contributed by atoms with van der Waals surface area (Å²) >= 11 is 19.6. The molecule has 1 amide bonds. The number of thiocarbonyl (C=S) groups is 1. The summed E-state index contributed by atoms with van der Waals surface area (Å²) in [4.78, 5) is 17.5. The summed E-state index contributed by atoms with van der Waals surface area (Å²) in [5, 5.41) is 7.26. The number of nitrogens with one attached hydrogen (secondary N) is 2. The average Bonchev–Trinajstić information content (AvgIpc) is 3.24. The molecule has 4 rings (SSSR count). The van der Waals surface area contributed by atoms with E-state index in [2.05, 4.69) is 15.6 Å². The van der Waals surface area contributed by atoms with Gasteiger partial charge in [0.1, 0.15) is 16.5 Å². The van der Waals surface area contributed by atoms with Crippen molar-refractivity contribution in [1.82, 2.24) is 10.3 Å². The van der Waals surface area contributed by atoms with E-state index >= 15 is 0 Å². The van der Waals surface area contributed by atoms with Gasteiger partial charge in [-0.2, -0.15) is 0 Å². The molecule has 2 N–H and O–H groups in total. The van der Waals surface area contributed by atoms with Crippen molar-refractivity contribution in [3.8, 4) is 22.1 Å². The Morgan fingerprint density at radius 3 is 2.39 bits per heavy atom. The summed E-state index contributed by atoms with van der Waals surface area (Å²) in [5.41, 5.74) is 2.35. The number of rotatable bonds is 5. The summed E-state index contributed by atoms with van der Waals surface area (Å²) < 4.78 is 11.5. The van der Waals surface area contributed by atoms with Crippen molar-refractivity contribution in [3.63, 3.8) is 0 Å². The molecule has 3 aromatic carbocycles. The van der Waals surface area contributed by atoms with Crippen LogP contribution in [0, 0.1) is 0 Å². The third-order valence-corrected chi connectivity index (χ3v) is 6.45. The number of para-hydroxylation sites is 1. The van der Waals surface area contributed by atoms with Crippen molar-refractivity contribution in [2.75, 3.05) is 19.5 Å². The van der Waals surface area contributed by atoms with Crippen LogP contribution in [0.25, 0.3) is 20.8 Å². The molecule has 0 fully saturated rings. The van der Waals surface area contributed by atoms with Crippen molar-refractivity contribution in [3.05, 3.63) is 70.2 Å². The predicted octanol–water partition coefficient (Wildman–Crippen LogP) is 6.41. The van der Waals surface area contributed by atoms with Gasteiger partial charge in [-0.3, -0.25) is 10.1 Å². The number of amides is 1. The second-order valence-electron chi connectivity index (χ2n) is 6.81. The second-order valence-corrected chi connectivity index (χ2v) is 9.09. The smallest absolute Gasteiger partial charge is 0.257 e. The van der Waals surface area contributed by atoms with Crippen LogP contribution in [0.5, 0.6) is 11.5 Å². The van der Waals surface area contributed by atoms with E-state index in [1.807, 2.05) is 24.3 Å². The van der Waals surface area contributed by atoms with Crippen LogP contribution in [0.3, 0.4) is 0 Å². The van der Waals surface area contributed by atoms with Crippen molar-refractivity contribution in [2.24, 2.45) is 0 Å². The van der Waals surface area contributed by atoms with Crippen LogP contribution in [0.2, 0.25) is 10.0 Å². The van der Waals surface area contributed by atoms with Crippen molar-refractivity contribution in [1.29, 1.82) is 0 Å². The summed E-state index contributed by atoms with van der Waals surface area (Å²) in [6.45, 7) is 0. The highest BCUT2D eigenvalue weighted by molar-refractivity contribution is 7.80. The molecule has 0 saturated carbocycles. The van der Waals surface area contributed by atoms with Crippen LogP contribution < -0.4 is 20.1 Å². The van der Waals surface area contributed by atoms with Crippen molar-refractivity contribution in [2.45, 2.75) is 0 Å². The van der Waals surface area contributed by atoms with Gasteiger partial charge in [0, 0.05) is 22.2 Å². The number of methoxy groups -OCH3 is 2. The van der Waals surface area contributed by atoms with E-state index in [4.69, 9.17) is 44.9 Å². The molecule has 0 unspecified atom stereocenters. The minimum absolute atomic E-state index is 0.0633. The Balaban J connectivity index is 1.61. The summed E-state index contributed by atoms with van der Waals surface area (Å²) in [5.74, 6) is 0.533. The van der Waals surface area contributed by atoms with Gasteiger partial charge in [0.15, 0.2) is 5.11 Å². The highest BCUT2D eigenvalue weighted by Gasteiger charge is 2.18. The van der Waals surface area contributed by atoms with Crippen LogP contribution in [0.4, 0.5) is 5.69 Å². The van der Waals surface area contributed by atoms with Gasteiger partial charge >= 0.3 is 0 Å². The molecular formula is C23H17Cl2N3O3S2. The van der Waals surface area contributed by atoms with Crippen LogP contribution in [-0.2, 0) is 0 Å². The van der Waals surface area contributed by atoms with Gasteiger partial charge in [-0.15, -0.1) is 11.3 Å². The standard InChI is InChI=1S/C23H17Cl2N3O3S2/c1-30-14-7-12(8-15(11-14)31-2)21(29)28-23(32)27-20-16(9-13(24)10-17(20)25)22-26-18-5-3-4-6-19(18)33-22/h3-11H,1-2H3,(H2,27,28,29,32). The van der Waals surface area contributed by atoms with Gasteiger partial charge in [0.25, 0.3) is 5.91 Å². The Morgan fingerprint density at radius 2 is 1.73 bits per heavy atom. The zero-order valence-electron chi connectivity index (χ0n) is 17.4. The van der Waals surface area contributed by atoms with E-state index in [0.717, 1.165) is 15.2 Å². The van der Waals surface area contributed by atoms with Crippen LogP contribution in [-0.4, -0.2) is 30.2 Å². The molecule has 0 aliphatic rings. The molecule has 1 heterocycles. The molecule has 6 nitrogen and oxygen atoms in total. The van der Waals surface area contributed by atoms with E-state index in [0.29, 0.717) is 38.4 Å². The summed E-state index contributed by atoms with van der Waals surface area (Å²) in [6, 6.07) is 16.0. The largest absolute Gasteiger partial charge is 0.497 e. The fourth-order valence-electron chi connectivity index (χ4n) is 3.12. The number of fused-ring (bicyclic) bond motifs is 1. The second kappa shape index (κ2) is 9.93. The number of benzene rings is 3. The highest BCUT2D eigenvalue weighted by atomic mass is 35.5. The number of carbonyl (C=O) groups is 1. The van der Waals surface area contributed by atoms with Crippen LogP contribution >= 0.6 is 46.8 Å². The molecule has 10 heteroatoms. The Hall–Kier alpha value is -2.91. The molecule has 33 heavy (non-hydrogen) atoms. The van der Waals surface area contributed by atoms with E-state index in [9.17, 15) is 4.79 Å². The minimum Gasteiger partial charge on any atom is -0.497 e. The van der Waals surface area contributed by atoms with Gasteiger partial charge in [-0.25, -0.2) is 4.98 Å². The molecule has 0 aliphatic carbocycles. The topological polar surface area (TPSA) is 72.5 Å². The first-order valence-corrected chi connectivity index (χ1v) is 11.6. The number of anilines is 1. The lowest BCUT2D eigenvalue weighted by atomic mass is 10.1. The van der Waals surface area contributed by atoms with E-state index in [1.165, 1.54) is 25.6 Å². The molecule has 0 bridgehead atoms. The lowest BCUT2D eigenvalue weighted by Gasteiger charge is -2.15. The van der Waals surface area contributed by atoms with Crippen molar-refractivity contribution < 1.29 is 14.3 Å². The maximum atomic E-state index is 12.8. The summed E-state index contributed by atoms with van der Waals surface area (Å²) in [7, 11) is 3.02. The Bertz CT molecular complexity index is 1320. The molecular weight excluding hydrogens is 501 g/mol. The lowest BCUT2D eigenvalue weighted by molar-refractivity contribution is 0.0977. The van der Waals surface area contributed by atoms with Crippen molar-refractivity contribution >= 4 is 73.7 Å². The number of hydrogen-bond acceptors (Lipinski definition) is 6. The third kappa shape index (κ3) is 5.20. The molecule has 0 spiro atoms. The molecule has 0 radical (unpaired) electrons. The van der Waals surface area contributed by atoms with E-state index < -0.39 is 5.91 Å². The average molecular weight is 518 g/mol. The Morgan fingerprint density at radius 1 is 1.03 bits per heavy atom. The number of hydrogen-bond donors (Lipinski definition) is 2. The first-order chi connectivity index (χ1) is 15.9. The first kappa shape index (κ1) is 23.3. The maximum absolute atomic E-state index is 12.8. The molecule has 4 aromatic rings.